The second-order valence-electron chi connectivity index (χ2n) is 7.05. The fourth-order valence-corrected chi connectivity index (χ4v) is 5.21. The van der Waals surface area contributed by atoms with Gasteiger partial charge in [-0.3, -0.25) is 0 Å². The van der Waals surface area contributed by atoms with Crippen molar-refractivity contribution in [3.05, 3.63) is 29.8 Å². The van der Waals surface area contributed by atoms with E-state index in [0.717, 1.165) is 24.4 Å². The van der Waals surface area contributed by atoms with E-state index in [2.05, 4.69) is 0 Å². The first-order valence-corrected chi connectivity index (χ1v) is 11.6. The number of ether oxygens (including phenoxy) is 2. The van der Waals surface area contributed by atoms with Crippen molar-refractivity contribution in [1.29, 1.82) is 0 Å². The Bertz CT molecular complexity index is 536. The van der Waals surface area contributed by atoms with Gasteiger partial charge in [0.05, 0.1) is 0 Å². The lowest BCUT2D eigenvalue weighted by Crippen LogP contribution is -2.46. The van der Waals surface area contributed by atoms with Gasteiger partial charge in [-0.2, -0.15) is 0 Å². The molecule has 154 valence electrons. The Hall–Kier alpha value is -1.41. The number of rotatable bonds is 11. The SMILES string of the molecule is CCO[Si](CCCc1ccc(OC(=O)OC(C)(C)C)cc1)(OCC)OCC. The first-order valence-electron chi connectivity index (χ1n) is 9.65. The molecular weight excluding hydrogens is 364 g/mol. The van der Waals surface area contributed by atoms with Crippen molar-refractivity contribution in [1.82, 2.24) is 0 Å². The highest BCUT2D eigenvalue weighted by atomic mass is 28.4. The highest BCUT2D eigenvalue weighted by Gasteiger charge is 2.39. The van der Waals surface area contributed by atoms with E-state index >= 15 is 0 Å². The molecule has 0 radical (unpaired) electrons. The second kappa shape index (κ2) is 11.4. The molecule has 0 N–H and O–H groups in total. The van der Waals surface area contributed by atoms with Crippen LogP contribution in [-0.2, 0) is 24.4 Å². The molecule has 0 saturated carbocycles. The first kappa shape index (κ1) is 23.6. The monoisotopic (exact) mass is 398 g/mol. The molecule has 0 unspecified atom stereocenters. The van der Waals surface area contributed by atoms with Gasteiger partial charge in [-0.15, -0.1) is 0 Å². The molecule has 1 rings (SSSR count). The standard InChI is InChI=1S/C20H34O6Si/c1-7-22-27(23-8-2,24-9-3)16-10-11-17-12-14-18(15-13-17)25-19(21)26-20(4,5)6/h12-15H,7-11,16H2,1-6H3. The molecule has 0 amide bonds. The number of carbonyl (C=O) groups excluding carboxylic acids is 1. The van der Waals surface area contributed by atoms with Crippen molar-refractivity contribution in [2.75, 3.05) is 19.8 Å². The Balaban J connectivity index is 2.56. The van der Waals surface area contributed by atoms with Gasteiger partial charge in [-0.05, 0) is 72.1 Å². The van der Waals surface area contributed by atoms with Crippen LogP contribution in [0.1, 0.15) is 53.5 Å². The minimum atomic E-state index is -2.59. The van der Waals surface area contributed by atoms with Crippen molar-refractivity contribution < 1.29 is 27.5 Å². The molecule has 0 bridgehead atoms. The summed E-state index contributed by atoms with van der Waals surface area (Å²) in [5.41, 5.74) is 0.577. The predicted molar refractivity (Wildman–Crippen MR) is 107 cm³/mol. The van der Waals surface area contributed by atoms with Gasteiger partial charge >= 0.3 is 15.0 Å². The summed E-state index contributed by atoms with van der Waals surface area (Å²) in [6.07, 6.45) is 1.07. The van der Waals surface area contributed by atoms with Crippen LogP contribution in [0.15, 0.2) is 24.3 Å². The van der Waals surface area contributed by atoms with Gasteiger partial charge in [0, 0.05) is 25.9 Å². The van der Waals surface area contributed by atoms with E-state index in [-0.39, 0.29) is 0 Å². The van der Waals surface area contributed by atoms with Crippen molar-refractivity contribution in [2.45, 2.75) is 66.0 Å². The molecule has 27 heavy (non-hydrogen) atoms. The molecule has 0 aromatic heterocycles. The average Bonchev–Trinajstić information content (AvgIpc) is 2.55. The number of hydrogen-bond donors (Lipinski definition) is 0. The van der Waals surface area contributed by atoms with E-state index in [0.29, 0.717) is 25.6 Å². The molecule has 0 saturated heterocycles. The third-order valence-electron chi connectivity index (χ3n) is 3.56. The van der Waals surface area contributed by atoms with Gasteiger partial charge in [0.1, 0.15) is 11.4 Å². The number of hydrogen-bond acceptors (Lipinski definition) is 6. The van der Waals surface area contributed by atoms with E-state index in [1.165, 1.54) is 0 Å². The van der Waals surface area contributed by atoms with Crippen LogP contribution in [-0.4, -0.2) is 40.4 Å². The molecule has 7 heteroatoms. The van der Waals surface area contributed by atoms with Gasteiger partial charge < -0.3 is 22.8 Å². The number of benzene rings is 1. The fraction of sp³-hybridized carbons (Fsp3) is 0.650. The van der Waals surface area contributed by atoms with Gasteiger partial charge in [0.2, 0.25) is 0 Å². The summed E-state index contributed by atoms with van der Waals surface area (Å²) in [5, 5.41) is 0. The third-order valence-corrected chi connectivity index (χ3v) is 6.71. The molecule has 0 aliphatic rings. The molecule has 0 heterocycles. The minimum absolute atomic E-state index is 0.467. The average molecular weight is 399 g/mol. The largest absolute Gasteiger partial charge is 0.514 e. The normalized spacial score (nSPS) is 12.1. The number of carbonyl (C=O) groups is 1. The van der Waals surface area contributed by atoms with Crippen molar-refractivity contribution in [3.63, 3.8) is 0 Å². The van der Waals surface area contributed by atoms with Crippen LogP contribution in [0.4, 0.5) is 4.79 Å². The predicted octanol–water partition coefficient (Wildman–Crippen LogP) is 4.98. The second-order valence-corrected chi connectivity index (χ2v) is 9.78. The van der Waals surface area contributed by atoms with Crippen LogP contribution >= 0.6 is 0 Å². The molecule has 0 aliphatic carbocycles. The minimum Gasteiger partial charge on any atom is -0.428 e. The van der Waals surface area contributed by atoms with Crippen LogP contribution in [0, 0.1) is 0 Å². The Morgan fingerprint density at radius 2 is 1.44 bits per heavy atom. The van der Waals surface area contributed by atoms with E-state index in [9.17, 15) is 4.79 Å². The molecule has 1 aromatic rings. The zero-order valence-corrected chi connectivity index (χ0v) is 18.5. The van der Waals surface area contributed by atoms with Crippen LogP contribution in [0.5, 0.6) is 5.75 Å². The van der Waals surface area contributed by atoms with E-state index in [1.807, 2.05) is 32.9 Å². The topological polar surface area (TPSA) is 63.2 Å². The van der Waals surface area contributed by atoms with E-state index in [1.54, 1.807) is 32.9 Å². The Morgan fingerprint density at radius 1 is 0.926 bits per heavy atom. The van der Waals surface area contributed by atoms with Crippen LogP contribution in [0.2, 0.25) is 6.04 Å². The maximum Gasteiger partial charge on any atom is 0.514 e. The van der Waals surface area contributed by atoms with E-state index in [4.69, 9.17) is 22.8 Å². The Labute approximate surface area is 164 Å². The highest BCUT2D eigenvalue weighted by Crippen LogP contribution is 2.21. The summed E-state index contributed by atoms with van der Waals surface area (Å²) in [7, 11) is -2.59. The van der Waals surface area contributed by atoms with Gasteiger partial charge in [0.25, 0.3) is 0 Å². The van der Waals surface area contributed by atoms with Gasteiger partial charge in [-0.1, -0.05) is 12.1 Å². The van der Waals surface area contributed by atoms with Gasteiger partial charge in [0.15, 0.2) is 0 Å². The number of aryl methyl sites for hydroxylation is 1. The van der Waals surface area contributed by atoms with Crippen LogP contribution in [0.25, 0.3) is 0 Å². The Morgan fingerprint density at radius 3 is 1.89 bits per heavy atom. The summed E-state index contributed by atoms with van der Waals surface area (Å²) >= 11 is 0. The molecule has 6 nitrogen and oxygen atoms in total. The Kier molecular flexibility index (Phi) is 10.0. The summed E-state index contributed by atoms with van der Waals surface area (Å²) in [5.74, 6) is 0.467. The molecule has 0 fully saturated rings. The summed E-state index contributed by atoms with van der Waals surface area (Å²) in [6, 6.07) is 8.23. The quantitative estimate of drug-likeness (QED) is 0.297. The van der Waals surface area contributed by atoms with Crippen LogP contribution in [0.3, 0.4) is 0 Å². The summed E-state index contributed by atoms with van der Waals surface area (Å²) < 4.78 is 28.0. The lowest BCUT2D eigenvalue weighted by molar-refractivity contribution is 0.0206. The smallest absolute Gasteiger partial charge is 0.428 e. The van der Waals surface area contributed by atoms with Crippen molar-refractivity contribution >= 4 is 15.0 Å². The maximum atomic E-state index is 11.7. The molecular formula is C20H34O6Si. The highest BCUT2D eigenvalue weighted by molar-refractivity contribution is 6.60. The van der Waals surface area contributed by atoms with Crippen molar-refractivity contribution in [3.8, 4) is 5.75 Å². The summed E-state index contributed by atoms with van der Waals surface area (Å²) in [4.78, 5) is 11.7. The summed E-state index contributed by atoms with van der Waals surface area (Å²) in [6.45, 7) is 13.0. The van der Waals surface area contributed by atoms with E-state index < -0.39 is 20.6 Å². The fourth-order valence-electron chi connectivity index (χ4n) is 2.60. The maximum absolute atomic E-state index is 11.7. The van der Waals surface area contributed by atoms with Crippen LogP contribution < -0.4 is 4.74 Å². The zero-order valence-electron chi connectivity index (χ0n) is 17.5. The molecule has 1 aromatic carbocycles. The molecule has 0 spiro atoms. The lowest BCUT2D eigenvalue weighted by atomic mass is 10.1. The molecule has 0 aliphatic heterocycles. The lowest BCUT2D eigenvalue weighted by Gasteiger charge is -2.28. The van der Waals surface area contributed by atoms with Crippen molar-refractivity contribution in [2.24, 2.45) is 0 Å². The first-order chi connectivity index (χ1) is 12.7. The van der Waals surface area contributed by atoms with Gasteiger partial charge in [-0.25, -0.2) is 4.79 Å². The zero-order chi connectivity index (χ0) is 20.3. The molecule has 0 atom stereocenters. The third kappa shape index (κ3) is 9.37.